The molecule has 1 aliphatic heterocycles. The summed E-state index contributed by atoms with van der Waals surface area (Å²) < 4.78 is 10.6. The zero-order valence-corrected chi connectivity index (χ0v) is 11.4. The Kier molecular flexibility index (Phi) is 4.27. The molecule has 0 bridgehead atoms. The molecule has 1 amide bonds. The van der Waals surface area contributed by atoms with E-state index < -0.39 is 0 Å². The van der Waals surface area contributed by atoms with E-state index in [-0.39, 0.29) is 11.8 Å². The fourth-order valence-corrected chi connectivity index (χ4v) is 2.25. The van der Waals surface area contributed by atoms with E-state index in [1.54, 1.807) is 7.11 Å². The lowest BCUT2D eigenvalue weighted by Crippen LogP contribution is -2.37. The second-order valence-corrected chi connectivity index (χ2v) is 4.65. The molecule has 0 aliphatic carbocycles. The van der Waals surface area contributed by atoms with Gasteiger partial charge in [-0.1, -0.05) is 6.07 Å². The highest BCUT2D eigenvalue weighted by Gasteiger charge is 2.21. The van der Waals surface area contributed by atoms with Gasteiger partial charge in [-0.3, -0.25) is 4.79 Å². The third-order valence-corrected chi connectivity index (χ3v) is 3.48. The molecule has 1 atom stereocenters. The normalized spacial score (nSPS) is 17.1. The molecule has 2 rings (SSSR count). The van der Waals surface area contributed by atoms with Crippen LogP contribution < -0.4 is 15.4 Å². The van der Waals surface area contributed by atoms with Crippen LogP contribution in [0.3, 0.4) is 0 Å². The van der Waals surface area contributed by atoms with Gasteiger partial charge < -0.3 is 20.1 Å². The van der Waals surface area contributed by atoms with Crippen LogP contribution in [0.5, 0.6) is 5.75 Å². The fourth-order valence-electron chi connectivity index (χ4n) is 2.25. The molecule has 0 radical (unpaired) electrons. The number of amides is 1. The number of nitrogens with two attached hydrogens (primary N) is 1. The summed E-state index contributed by atoms with van der Waals surface area (Å²) in [5.41, 5.74) is 7.37. The predicted octanol–water partition coefficient (Wildman–Crippen LogP) is 1.12. The molecule has 2 N–H and O–H groups in total. The molecule has 0 spiro atoms. The second-order valence-electron chi connectivity index (χ2n) is 4.65. The summed E-state index contributed by atoms with van der Waals surface area (Å²) in [5, 5.41) is 0. The molecular weight excluding hydrogens is 244 g/mol. The minimum Gasteiger partial charge on any atom is -0.497 e. The number of rotatable bonds is 4. The first kappa shape index (κ1) is 13.7. The number of methoxy groups -OCH3 is 1. The molecule has 1 aromatic carbocycles. The minimum atomic E-state index is -0.320. The van der Waals surface area contributed by atoms with E-state index in [9.17, 15) is 4.79 Å². The number of nitrogens with zero attached hydrogens (tertiary/aromatic N) is 1. The van der Waals surface area contributed by atoms with E-state index in [1.165, 1.54) is 0 Å². The molecule has 104 valence electrons. The first-order valence-corrected chi connectivity index (χ1v) is 6.43. The van der Waals surface area contributed by atoms with Crippen LogP contribution in [0.4, 0.5) is 5.69 Å². The Labute approximate surface area is 113 Å². The first-order chi connectivity index (χ1) is 9.13. The number of anilines is 1. The highest BCUT2D eigenvalue weighted by Crippen LogP contribution is 2.32. The number of hydrogen-bond acceptors (Lipinski definition) is 4. The highest BCUT2D eigenvalue weighted by molar-refractivity contribution is 5.84. The highest BCUT2D eigenvalue weighted by atomic mass is 16.5. The number of carbonyl (C=O) groups excluding carboxylic acids is 1. The van der Waals surface area contributed by atoms with Crippen molar-refractivity contribution in [3.63, 3.8) is 0 Å². The van der Waals surface area contributed by atoms with Crippen molar-refractivity contribution in [3.8, 4) is 5.75 Å². The molecular formula is C14H20N2O3. The van der Waals surface area contributed by atoms with Gasteiger partial charge >= 0.3 is 0 Å². The van der Waals surface area contributed by atoms with Gasteiger partial charge in [0.25, 0.3) is 0 Å². The van der Waals surface area contributed by atoms with Crippen molar-refractivity contribution >= 4 is 11.6 Å². The summed E-state index contributed by atoms with van der Waals surface area (Å²) in [4.78, 5) is 13.6. The van der Waals surface area contributed by atoms with Gasteiger partial charge in [0.15, 0.2) is 0 Å². The Morgan fingerprint density at radius 2 is 2.11 bits per heavy atom. The first-order valence-electron chi connectivity index (χ1n) is 6.43. The van der Waals surface area contributed by atoms with E-state index in [0.29, 0.717) is 13.2 Å². The van der Waals surface area contributed by atoms with E-state index in [2.05, 4.69) is 4.90 Å². The van der Waals surface area contributed by atoms with Gasteiger partial charge in [-0.05, 0) is 18.6 Å². The lowest BCUT2D eigenvalue weighted by molar-refractivity contribution is -0.119. The summed E-state index contributed by atoms with van der Waals surface area (Å²) in [5.74, 6) is 0.144. The summed E-state index contributed by atoms with van der Waals surface area (Å²) in [6.45, 7) is 4.84. The summed E-state index contributed by atoms with van der Waals surface area (Å²) >= 11 is 0. The Morgan fingerprint density at radius 1 is 1.42 bits per heavy atom. The van der Waals surface area contributed by atoms with Crippen molar-refractivity contribution in [1.29, 1.82) is 0 Å². The van der Waals surface area contributed by atoms with Gasteiger partial charge in [0, 0.05) is 24.8 Å². The van der Waals surface area contributed by atoms with Gasteiger partial charge in [-0.15, -0.1) is 0 Å². The van der Waals surface area contributed by atoms with Gasteiger partial charge in [0.2, 0.25) is 5.91 Å². The van der Waals surface area contributed by atoms with Gasteiger partial charge in [0.05, 0.1) is 26.2 Å². The number of primary amides is 1. The second kappa shape index (κ2) is 5.93. The fraction of sp³-hybridized carbons (Fsp3) is 0.500. The van der Waals surface area contributed by atoms with Crippen LogP contribution in [0.2, 0.25) is 0 Å². The predicted molar refractivity (Wildman–Crippen MR) is 73.6 cm³/mol. The van der Waals surface area contributed by atoms with Crippen LogP contribution in [0.25, 0.3) is 0 Å². The number of hydrogen-bond donors (Lipinski definition) is 1. The summed E-state index contributed by atoms with van der Waals surface area (Å²) in [6, 6.07) is 5.73. The molecule has 1 unspecified atom stereocenters. The summed E-state index contributed by atoms with van der Waals surface area (Å²) in [7, 11) is 1.63. The molecule has 5 heteroatoms. The third kappa shape index (κ3) is 2.98. The van der Waals surface area contributed by atoms with Crippen LogP contribution >= 0.6 is 0 Å². The molecule has 5 nitrogen and oxygen atoms in total. The molecule has 0 aromatic heterocycles. The topological polar surface area (TPSA) is 64.8 Å². The molecule has 1 saturated heterocycles. The third-order valence-electron chi connectivity index (χ3n) is 3.48. The Bertz CT molecular complexity index is 456. The smallest absolute Gasteiger partial charge is 0.224 e. The van der Waals surface area contributed by atoms with E-state index >= 15 is 0 Å². The monoisotopic (exact) mass is 264 g/mol. The maximum absolute atomic E-state index is 11.4. The Hall–Kier alpha value is -1.75. The van der Waals surface area contributed by atoms with Crippen LogP contribution in [0.1, 0.15) is 18.4 Å². The van der Waals surface area contributed by atoms with Gasteiger partial charge in [-0.25, -0.2) is 0 Å². The van der Waals surface area contributed by atoms with E-state index in [1.807, 2.05) is 25.1 Å². The molecule has 1 fully saturated rings. The quantitative estimate of drug-likeness (QED) is 0.885. The minimum absolute atomic E-state index is 0.316. The molecule has 1 heterocycles. The largest absolute Gasteiger partial charge is 0.497 e. The average molecular weight is 264 g/mol. The lowest BCUT2D eigenvalue weighted by Gasteiger charge is -2.31. The van der Waals surface area contributed by atoms with E-state index in [0.717, 1.165) is 30.1 Å². The molecule has 0 saturated carbocycles. The molecule has 1 aliphatic rings. The Morgan fingerprint density at radius 3 is 2.68 bits per heavy atom. The van der Waals surface area contributed by atoms with Crippen molar-refractivity contribution < 1.29 is 14.3 Å². The number of benzene rings is 1. The Balaban J connectivity index is 2.38. The number of ether oxygens (including phenoxy) is 2. The van der Waals surface area contributed by atoms with Crippen LogP contribution in [-0.4, -0.2) is 39.3 Å². The lowest BCUT2D eigenvalue weighted by atomic mass is 9.97. The number of carbonyl (C=O) groups is 1. The zero-order valence-electron chi connectivity index (χ0n) is 11.4. The SMILES string of the molecule is COc1ccc(C(C)C(N)=O)c(N2CCOCC2)c1. The van der Waals surface area contributed by atoms with Crippen molar-refractivity contribution in [2.24, 2.45) is 5.73 Å². The maximum atomic E-state index is 11.4. The van der Waals surface area contributed by atoms with Gasteiger partial charge in [-0.2, -0.15) is 0 Å². The van der Waals surface area contributed by atoms with Crippen LogP contribution in [0.15, 0.2) is 18.2 Å². The number of morpholine rings is 1. The summed E-state index contributed by atoms with van der Waals surface area (Å²) in [6.07, 6.45) is 0. The van der Waals surface area contributed by atoms with E-state index in [4.69, 9.17) is 15.2 Å². The van der Waals surface area contributed by atoms with Crippen molar-refractivity contribution in [2.75, 3.05) is 38.3 Å². The van der Waals surface area contributed by atoms with Gasteiger partial charge in [0.1, 0.15) is 5.75 Å². The van der Waals surface area contributed by atoms with Crippen molar-refractivity contribution in [2.45, 2.75) is 12.8 Å². The standard InChI is InChI=1S/C14H20N2O3/c1-10(14(15)17)12-4-3-11(18-2)9-13(12)16-5-7-19-8-6-16/h3-4,9-10H,5-8H2,1-2H3,(H2,15,17). The van der Waals surface area contributed by atoms with Crippen LogP contribution in [-0.2, 0) is 9.53 Å². The van der Waals surface area contributed by atoms with Crippen molar-refractivity contribution in [1.82, 2.24) is 0 Å². The zero-order chi connectivity index (χ0) is 13.8. The maximum Gasteiger partial charge on any atom is 0.224 e. The average Bonchev–Trinajstić information content (AvgIpc) is 2.46. The molecule has 1 aromatic rings. The van der Waals surface area contributed by atoms with Crippen molar-refractivity contribution in [3.05, 3.63) is 23.8 Å². The molecule has 19 heavy (non-hydrogen) atoms. The van der Waals surface area contributed by atoms with Crippen LogP contribution in [0, 0.1) is 0 Å².